The summed E-state index contributed by atoms with van der Waals surface area (Å²) in [5.74, 6) is 1.24. The van der Waals surface area contributed by atoms with Crippen LogP contribution >= 0.6 is 15.9 Å². The third-order valence-corrected chi connectivity index (χ3v) is 4.24. The fourth-order valence-electron chi connectivity index (χ4n) is 2.32. The van der Waals surface area contributed by atoms with E-state index >= 15 is 0 Å². The van der Waals surface area contributed by atoms with Gasteiger partial charge < -0.3 is 4.74 Å². The van der Waals surface area contributed by atoms with Crippen LogP contribution in [0.2, 0.25) is 0 Å². The van der Waals surface area contributed by atoms with Crippen molar-refractivity contribution < 1.29 is 9.66 Å². The van der Waals surface area contributed by atoms with Gasteiger partial charge in [-0.1, -0.05) is 30.3 Å². The van der Waals surface area contributed by atoms with Crippen LogP contribution in [-0.4, -0.2) is 4.92 Å². The number of nitrogens with zero attached hydrogens (tertiary/aromatic N) is 1. The fourth-order valence-corrected chi connectivity index (χ4v) is 2.89. The van der Waals surface area contributed by atoms with Crippen molar-refractivity contribution in [2.75, 3.05) is 0 Å². The first-order chi connectivity index (χ1) is 10.6. The van der Waals surface area contributed by atoms with Gasteiger partial charge in [0, 0.05) is 11.6 Å². The fraction of sp³-hybridized carbons (Fsp3) is 0.0588. The van der Waals surface area contributed by atoms with Crippen LogP contribution in [0.1, 0.15) is 5.56 Å². The summed E-state index contributed by atoms with van der Waals surface area (Å²) in [5.41, 5.74) is 0.657. The Morgan fingerprint density at radius 3 is 2.59 bits per heavy atom. The summed E-state index contributed by atoms with van der Waals surface area (Å²) in [4.78, 5) is 10.5. The van der Waals surface area contributed by atoms with E-state index in [0.29, 0.717) is 17.1 Å². The van der Waals surface area contributed by atoms with E-state index in [2.05, 4.69) is 15.9 Å². The lowest BCUT2D eigenvalue weighted by molar-refractivity contribution is -0.385. The molecule has 3 rings (SSSR count). The first-order valence-electron chi connectivity index (χ1n) is 6.66. The summed E-state index contributed by atoms with van der Waals surface area (Å²) in [6.07, 6.45) is 0. The number of rotatable bonds is 3. The molecule has 0 radical (unpaired) electrons. The molecule has 22 heavy (non-hydrogen) atoms. The summed E-state index contributed by atoms with van der Waals surface area (Å²) in [5, 5.41) is 13.0. The van der Waals surface area contributed by atoms with Gasteiger partial charge >= 0.3 is 0 Å². The van der Waals surface area contributed by atoms with Crippen molar-refractivity contribution in [3.8, 4) is 11.5 Å². The van der Waals surface area contributed by atoms with E-state index in [4.69, 9.17) is 4.74 Å². The SMILES string of the molecule is Cc1cc(Oc2ccc3ccccc3c2Br)ccc1[N+](=O)[O-]. The van der Waals surface area contributed by atoms with E-state index < -0.39 is 4.92 Å². The van der Waals surface area contributed by atoms with Gasteiger partial charge in [-0.2, -0.15) is 0 Å². The minimum atomic E-state index is -0.398. The number of hydrogen-bond acceptors (Lipinski definition) is 3. The van der Waals surface area contributed by atoms with Crippen LogP contribution in [-0.2, 0) is 0 Å². The van der Waals surface area contributed by atoms with Gasteiger partial charge in [0.05, 0.1) is 9.40 Å². The van der Waals surface area contributed by atoms with E-state index in [0.717, 1.165) is 15.2 Å². The Morgan fingerprint density at radius 2 is 1.86 bits per heavy atom. The minimum absolute atomic E-state index is 0.0879. The number of aryl methyl sites for hydroxylation is 1. The van der Waals surface area contributed by atoms with Crippen molar-refractivity contribution >= 4 is 32.4 Å². The van der Waals surface area contributed by atoms with Crippen molar-refractivity contribution in [1.82, 2.24) is 0 Å². The second-order valence-electron chi connectivity index (χ2n) is 4.91. The summed E-state index contributed by atoms with van der Waals surface area (Å²) in [6, 6.07) is 16.6. The van der Waals surface area contributed by atoms with Crippen LogP contribution in [0.4, 0.5) is 5.69 Å². The highest BCUT2D eigenvalue weighted by Crippen LogP contribution is 2.36. The number of ether oxygens (including phenoxy) is 1. The molecule has 0 N–H and O–H groups in total. The zero-order chi connectivity index (χ0) is 15.7. The van der Waals surface area contributed by atoms with E-state index in [-0.39, 0.29) is 5.69 Å². The minimum Gasteiger partial charge on any atom is -0.456 e. The summed E-state index contributed by atoms with van der Waals surface area (Å²) >= 11 is 3.56. The number of halogens is 1. The monoisotopic (exact) mass is 357 g/mol. The smallest absolute Gasteiger partial charge is 0.272 e. The molecule has 0 aliphatic rings. The van der Waals surface area contributed by atoms with Crippen LogP contribution in [0.3, 0.4) is 0 Å². The molecule has 110 valence electrons. The Bertz CT molecular complexity index is 877. The third kappa shape index (κ3) is 2.67. The van der Waals surface area contributed by atoms with Crippen molar-refractivity contribution in [1.29, 1.82) is 0 Å². The van der Waals surface area contributed by atoms with E-state index in [1.165, 1.54) is 6.07 Å². The zero-order valence-corrected chi connectivity index (χ0v) is 13.3. The quantitative estimate of drug-likeness (QED) is 0.452. The lowest BCUT2D eigenvalue weighted by atomic mass is 10.1. The van der Waals surface area contributed by atoms with Gasteiger partial charge in [0.25, 0.3) is 5.69 Å². The molecule has 3 aromatic carbocycles. The first kappa shape index (κ1) is 14.5. The van der Waals surface area contributed by atoms with Gasteiger partial charge in [-0.3, -0.25) is 10.1 Å². The second kappa shape index (κ2) is 5.77. The molecule has 0 aliphatic heterocycles. The highest BCUT2D eigenvalue weighted by Gasteiger charge is 2.12. The molecule has 0 atom stereocenters. The lowest BCUT2D eigenvalue weighted by Gasteiger charge is -2.10. The van der Waals surface area contributed by atoms with Crippen molar-refractivity contribution in [3.63, 3.8) is 0 Å². The zero-order valence-electron chi connectivity index (χ0n) is 11.7. The number of nitro groups is 1. The number of hydrogen-bond donors (Lipinski definition) is 0. The van der Waals surface area contributed by atoms with Crippen molar-refractivity contribution in [3.05, 3.63) is 74.7 Å². The van der Waals surface area contributed by atoms with Crippen LogP contribution in [0, 0.1) is 17.0 Å². The third-order valence-electron chi connectivity index (χ3n) is 3.42. The van der Waals surface area contributed by atoms with E-state index in [1.54, 1.807) is 19.1 Å². The maximum Gasteiger partial charge on any atom is 0.272 e. The molecule has 0 saturated carbocycles. The Balaban J connectivity index is 1.98. The normalized spacial score (nSPS) is 10.6. The van der Waals surface area contributed by atoms with Crippen molar-refractivity contribution in [2.45, 2.75) is 6.92 Å². The molecule has 0 saturated heterocycles. The summed E-state index contributed by atoms with van der Waals surface area (Å²) in [7, 11) is 0. The van der Waals surface area contributed by atoms with Crippen molar-refractivity contribution in [2.24, 2.45) is 0 Å². The molecular formula is C17H12BrNO3. The number of fused-ring (bicyclic) bond motifs is 1. The average Bonchev–Trinajstić information content (AvgIpc) is 2.50. The topological polar surface area (TPSA) is 52.4 Å². The molecule has 0 heterocycles. The number of benzene rings is 3. The Labute approximate surface area is 135 Å². The predicted molar refractivity (Wildman–Crippen MR) is 89.6 cm³/mol. The van der Waals surface area contributed by atoms with Crippen LogP contribution in [0.15, 0.2) is 59.1 Å². The molecule has 0 amide bonds. The van der Waals surface area contributed by atoms with Gasteiger partial charge in [0.2, 0.25) is 0 Å². The predicted octanol–water partition coefficient (Wildman–Crippen LogP) is 5.61. The van der Waals surface area contributed by atoms with Crippen LogP contribution < -0.4 is 4.74 Å². The Hall–Kier alpha value is -2.40. The van der Waals surface area contributed by atoms with E-state index in [9.17, 15) is 10.1 Å². The van der Waals surface area contributed by atoms with Gasteiger partial charge in [-0.05, 0) is 51.8 Å². The first-order valence-corrected chi connectivity index (χ1v) is 7.46. The molecule has 0 unspecified atom stereocenters. The van der Waals surface area contributed by atoms with E-state index in [1.807, 2.05) is 36.4 Å². The Kier molecular flexibility index (Phi) is 3.81. The maximum atomic E-state index is 10.8. The molecule has 5 heteroatoms. The highest BCUT2D eigenvalue weighted by molar-refractivity contribution is 9.10. The molecule has 0 spiro atoms. The molecule has 0 aliphatic carbocycles. The summed E-state index contributed by atoms with van der Waals surface area (Å²) < 4.78 is 6.73. The molecule has 0 aromatic heterocycles. The van der Waals surface area contributed by atoms with Gasteiger partial charge in [-0.25, -0.2) is 0 Å². The molecule has 4 nitrogen and oxygen atoms in total. The maximum absolute atomic E-state index is 10.8. The van der Waals surface area contributed by atoms with Gasteiger partial charge in [0.1, 0.15) is 11.5 Å². The average molecular weight is 358 g/mol. The van der Waals surface area contributed by atoms with Crippen LogP contribution in [0.25, 0.3) is 10.8 Å². The van der Waals surface area contributed by atoms with Gasteiger partial charge in [-0.15, -0.1) is 0 Å². The second-order valence-corrected chi connectivity index (χ2v) is 5.70. The molecular weight excluding hydrogens is 346 g/mol. The molecule has 3 aromatic rings. The number of nitro benzene ring substituents is 1. The largest absolute Gasteiger partial charge is 0.456 e. The molecule has 0 fully saturated rings. The van der Waals surface area contributed by atoms with Crippen LogP contribution in [0.5, 0.6) is 11.5 Å². The molecule has 0 bridgehead atoms. The Morgan fingerprint density at radius 1 is 1.09 bits per heavy atom. The lowest BCUT2D eigenvalue weighted by Crippen LogP contribution is -1.93. The highest BCUT2D eigenvalue weighted by atomic mass is 79.9. The summed E-state index contributed by atoms with van der Waals surface area (Å²) in [6.45, 7) is 1.69. The standard InChI is InChI=1S/C17H12BrNO3/c1-11-10-13(7-8-15(11)19(20)21)22-16-9-6-12-4-2-3-5-14(12)17(16)18/h2-10H,1H3. The van der Waals surface area contributed by atoms with Gasteiger partial charge in [0.15, 0.2) is 0 Å².